The van der Waals surface area contributed by atoms with Crippen LogP contribution in [0.1, 0.15) is 56.9 Å². The fourth-order valence-corrected chi connectivity index (χ4v) is 3.80. The zero-order chi connectivity index (χ0) is 17.6. The van der Waals surface area contributed by atoms with Gasteiger partial charge in [-0.15, -0.1) is 0 Å². The molecule has 1 aromatic rings. The number of carbonyl (C=O) groups excluding carboxylic acids is 1. The van der Waals surface area contributed by atoms with Gasteiger partial charge in [-0.05, 0) is 43.4 Å². The third-order valence-electron chi connectivity index (χ3n) is 4.73. The van der Waals surface area contributed by atoms with Crippen molar-refractivity contribution in [2.45, 2.75) is 56.8 Å². The van der Waals surface area contributed by atoms with Gasteiger partial charge in [0.25, 0.3) is 0 Å². The Morgan fingerprint density at radius 2 is 1.88 bits per heavy atom. The van der Waals surface area contributed by atoms with Crippen LogP contribution in [0.25, 0.3) is 0 Å². The van der Waals surface area contributed by atoms with Crippen LogP contribution in [0.5, 0.6) is 0 Å². The Kier molecular flexibility index (Phi) is 6.60. The minimum atomic E-state index is -0.841. The normalized spacial score (nSPS) is 16.1. The first-order valence-electron chi connectivity index (χ1n) is 8.37. The summed E-state index contributed by atoms with van der Waals surface area (Å²) in [5, 5.41) is 12.0. The van der Waals surface area contributed by atoms with E-state index in [-0.39, 0.29) is 23.6 Å². The molecule has 0 unspecified atom stereocenters. The van der Waals surface area contributed by atoms with Crippen LogP contribution in [-0.2, 0) is 15.0 Å². The summed E-state index contributed by atoms with van der Waals surface area (Å²) in [4.78, 5) is 22.5. The van der Waals surface area contributed by atoms with Crippen LogP contribution in [0.15, 0.2) is 18.2 Å². The van der Waals surface area contributed by atoms with E-state index < -0.39 is 5.97 Å². The molecule has 1 aliphatic rings. The number of carboxylic acid groups (broad SMARTS) is 1. The number of unbranched alkanes of at least 4 members (excludes halogenated alkanes) is 1. The highest BCUT2D eigenvalue weighted by Gasteiger charge is 2.37. The molecule has 0 spiro atoms. The molecule has 132 valence electrons. The third kappa shape index (κ3) is 4.94. The lowest BCUT2D eigenvalue weighted by Crippen LogP contribution is -2.39. The van der Waals surface area contributed by atoms with Gasteiger partial charge in [-0.25, -0.2) is 4.39 Å². The summed E-state index contributed by atoms with van der Waals surface area (Å²) < 4.78 is 13.3. The summed E-state index contributed by atoms with van der Waals surface area (Å²) in [6.45, 7) is 0.482. The molecule has 0 radical (unpaired) electrons. The molecule has 1 aromatic carbocycles. The smallest absolute Gasteiger partial charge is 0.303 e. The van der Waals surface area contributed by atoms with Gasteiger partial charge in [0.05, 0.1) is 0 Å². The number of rotatable bonds is 8. The van der Waals surface area contributed by atoms with Crippen molar-refractivity contribution in [3.05, 3.63) is 34.6 Å². The van der Waals surface area contributed by atoms with Crippen molar-refractivity contribution in [1.82, 2.24) is 5.32 Å². The average molecular weight is 356 g/mol. The molecule has 1 amide bonds. The maximum atomic E-state index is 13.3. The highest BCUT2D eigenvalue weighted by molar-refractivity contribution is 6.31. The Morgan fingerprint density at radius 1 is 1.21 bits per heavy atom. The highest BCUT2D eigenvalue weighted by Crippen LogP contribution is 2.43. The number of carboxylic acids is 1. The first-order valence-corrected chi connectivity index (χ1v) is 8.75. The van der Waals surface area contributed by atoms with Gasteiger partial charge in [0.1, 0.15) is 5.82 Å². The van der Waals surface area contributed by atoms with Gasteiger partial charge in [0, 0.05) is 29.8 Å². The van der Waals surface area contributed by atoms with Crippen LogP contribution in [0, 0.1) is 5.82 Å². The van der Waals surface area contributed by atoms with E-state index in [0.717, 1.165) is 31.2 Å². The number of carbonyl (C=O) groups is 2. The molecule has 1 aliphatic carbocycles. The van der Waals surface area contributed by atoms with E-state index in [2.05, 4.69) is 5.32 Å². The predicted octanol–water partition coefficient (Wildman–Crippen LogP) is 4.05. The Hall–Kier alpha value is -1.62. The Balaban J connectivity index is 1.94. The topological polar surface area (TPSA) is 66.4 Å². The minimum absolute atomic E-state index is 0.0788. The number of nitrogens with one attached hydrogen (secondary N) is 1. The number of hydrogen-bond donors (Lipinski definition) is 2. The Labute approximate surface area is 146 Å². The second-order valence-corrected chi connectivity index (χ2v) is 6.90. The van der Waals surface area contributed by atoms with Gasteiger partial charge < -0.3 is 10.4 Å². The second-order valence-electron chi connectivity index (χ2n) is 6.49. The molecule has 6 heteroatoms. The summed E-state index contributed by atoms with van der Waals surface area (Å²) in [5.41, 5.74) is 0.663. The van der Waals surface area contributed by atoms with E-state index in [4.69, 9.17) is 16.7 Å². The second kappa shape index (κ2) is 8.47. The van der Waals surface area contributed by atoms with Gasteiger partial charge in [-0.3, -0.25) is 9.59 Å². The summed E-state index contributed by atoms with van der Waals surface area (Å²) in [6.07, 6.45) is 5.41. The molecule has 2 N–H and O–H groups in total. The molecule has 2 rings (SSSR count). The molecule has 0 bridgehead atoms. The molecular formula is C18H23ClFNO3. The molecule has 0 atom stereocenters. The lowest BCUT2D eigenvalue weighted by atomic mass is 9.78. The number of halogens is 2. The molecule has 0 heterocycles. The van der Waals surface area contributed by atoms with Crippen LogP contribution in [0.3, 0.4) is 0 Å². The number of benzene rings is 1. The van der Waals surface area contributed by atoms with Crippen LogP contribution >= 0.6 is 11.6 Å². The molecule has 24 heavy (non-hydrogen) atoms. The van der Waals surface area contributed by atoms with Crippen molar-refractivity contribution in [3.63, 3.8) is 0 Å². The predicted molar refractivity (Wildman–Crippen MR) is 90.7 cm³/mol. The summed E-state index contributed by atoms with van der Waals surface area (Å²) in [6, 6.07) is 4.46. The van der Waals surface area contributed by atoms with Gasteiger partial charge in [0.2, 0.25) is 5.91 Å². The van der Waals surface area contributed by atoms with Crippen molar-refractivity contribution in [3.8, 4) is 0 Å². The molecule has 4 nitrogen and oxygen atoms in total. The van der Waals surface area contributed by atoms with Crippen molar-refractivity contribution in [1.29, 1.82) is 0 Å². The third-order valence-corrected chi connectivity index (χ3v) is 5.04. The standard InChI is InChI=1S/C18H23ClFNO3/c19-15-11-13(20)7-8-14(15)18(9-3-4-10-18)12-21-16(22)5-1-2-6-17(23)24/h7-8,11H,1-6,9-10,12H2,(H,21,22)(H,23,24). The number of hydrogen-bond acceptors (Lipinski definition) is 2. The highest BCUT2D eigenvalue weighted by atomic mass is 35.5. The summed E-state index contributed by atoms with van der Waals surface area (Å²) in [7, 11) is 0. The van der Waals surface area contributed by atoms with Crippen molar-refractivity contribution >= 4 is 23.5 Å². The van der Waals surface area contributed by atoms with Crippen LogP contribution in [-0.4, -0.2) is 23.5 Å². The lowest BCUT2D eigenvalue weighted by molar-refractivity contribution is -0.137. The maximum Gasteiger partial charge on any atom is 0.303 e. The molecule has 0 saturated heterocycles. The van der Waals surface area contributed by atoms with Gasteiger partial charge in [-0.2, -0.15) is 0 Å². The van der Waals surface area contributed by atoms with Gasteiger partial charge in [0.15, 0.2) is 0 Å². The van der Waals surface area contributed by atoms with Crippen molar-refractivity contribution in [2.75, 3.05) is 6.54 Å². The van der Waals surface area contributed by atoms with E-state index in [9.17, 15) is 14.0 Å². The van der Waals surface area contributed by atoms with E-state index in [1.807, 2.05) is 0 Å². The van der Waals surface area contributed by atoms with Crippen LogP contribution < -0.4 is 5.32 Å². The van der Waals surface area contributed by atoms with Crippen molar-refractivity contribution < 1.29 is 19.1 Å². The first kappa shape index (κ1) is 18.7. The first-order chi connectivity index (χ1) is 11.4. The zero-order valence-electron chi connectivity index (χ0n) is 13.6. The SMILES string of the molecule is O=C(O)CCCCC(=O)NCC1(c2ccc(F)cc2Cl)CCCC1. The Morgan fingerprint density at radius 3 is 2.50 bits per heavy atom. The van der Waals surface area contributed by atoms with E-state index in [0.29, 0.717) is 30.8 Å². The number of amides is 1. The van der Waals surface area contributed by atoms with E-state index in [1.54, 1.807) is 6.07 Å². The summed E-state index contributed by atoms with van der Waals surface area (Å²) >= 11 is 6.24. The number of aliphatic carboxylic acids is 1. The quantitative estimate of drug-likeness (QED) is 0.691. The summed E-state index contributed by atoms with van der Waals surface area (Å²) in [5.74, 6) is -1.28. The molecule has 1 saturated carbocycles. The molecule has 0 aliphatic heterocycles. The molecular weight excluding hydrogens is 333 g/mol. The van der Waals surface area contributed by atoms with E-state index in [1.165, 1.54) is 12.1 Å². The molecule has 1 fully saturated rings. The molecule has 0 aromatic heterocycles. The van der Waals surface area contributed by atoms with E-state index >= 15 is 0 Å². The largest absolute Gasteiger partial charge is 0.481 e. The van der Waals surface area contributed by atoms with Gasteiger partial charge in [-0.1, -0.05) is 30.5 Å². The van der Waals surface area contributed by atoms with Crippen LogP contribution in [0.2, 0.25) is 5.02 Å². The van der Waals surface area contributed by atoms with Crippen molar-refractivity contribution in [2.24, 2.45) is 0 Å². The maximum absolute atomic E-state index is 13.3. The minimum Gasteiger partial charge on any atom is -0.481 e. The van der Waals surface area contributed by atoms with Gasteiger partial charge >= 0.3 is 5.97 Å². The zero-order valence-corrected chi connectivity index (χ0v) is 14.4. The fraction of sp³-hybridized carbons (Fsp3) is 0.556. The lowest BCUT2D eigenvalue weighted by Gasteiger charge is -2.31. The monoisotopic (exact) mass is 355 g/mol. The average Bonchev–Trinajstić information content (AvgIpc) is 2.99. The van der Waals surface area contributed by atoms with Crippen LogP contribution in [0.4, 0.5) is 4.39 Å². The Bertz CT molecular complexity index is 600. The fourth-order valence-electron chi connectivity index (χ4n) is 3.43.